The first-order chi connectivity index (χ1) is 10.3. The zero-order chi connectivity index (χ0) is 16.3. The molecule has 0 aromatic heterocycles. The molecule has 0 saturated heterocycles. The minimum Gasteiger partial charge on any atom is -0.277 e. The fourth-order valence-electron chi connectivity index (χ4n) is 1.56. The van der Waals surface area contributed by atoms with E-state index >= 15 is 0 Å². The summed E-state index contributed by atoms with van der Waals surface area (Å²) >= 11 is 17.5. The van der Waals surface area contributed by atoms with Gasteiger partial charge in [0, 0.05) is 10.6 Å². The third-order valence-corrected chi connectivity index (χ3v) is 3.54. The first-order valence-electron chi connectivity index (χ1n) is 5.88. The molecule has 0 atom stereocenters. The van der Waals surface area contributed by atoms with Crippen LogP contribution in [0.4, 0.5) is 18.9 Å². The number of nitrogens with zero attached hydrogens (tertiary/aromatic N) is 1. The van der Waals surface area contributed by atoms with Gasteiger partial charge in [0.2, 0.25) is 0 Å². The van der Waals surface area contributed by atoms with Gasteiger partial charge in [-0.15, -0.1) is 0 Å². The van der Waals surface area contributed by atoms with E-state index in [0.29, 0.717) is 15.6 Å². The molecule has 0 radical (unpaired) electrons. The number of hydrazone groups is 1. The molecular weight excluding hydrogens is 360 g/mol. The van der Waals surface area contributed by atoms with Crippen LogP contribution < -0.4 is 5.43 Å². The quantitative estimate of drug-likeness (QED) is 0.513. The average Bonchev–Trinajstić information content (AvgIpc) is 2.42. The highest BCUT2D eigenvalue weighted by Crippen LogP contribution is 2.33. The maximum Gasteiger partial charge on any atom is 0.416 e. The summed E-state index contributed by atoms with van der Waals surface area (Å²) in [4.78, 5) is 0. The van der Waals surface area contributed by atoms with E-state index in [9.17, 15) is 13.2 Å². The number of anilines is 1. The molecule has 2 nitrogen and oxygen atoms in total. The molecule has 0 aliphatic heterocycles. The van der Waals surface area contributed by atoms with Crippen molar-refractivity contribution in [1.29, 1.82) is 0 Å². The molecule has 0 unspecified atom stereocenters. The van der Waals surface area contributed by atoms with Gasteiger partial charge >= 0.3 is 6.18 Å². The summed E-state index contributed by atoms with van der Waals surface area (Å²) in [6.45, 7) is 0. The maximum absolute atomic E-state index is 12.6. The Kier molecular flexibility index (Phi) is 5.21. The van der Waals surface area contributed by atoms with Crippen LogP contribution in [0.25, 0.3) is 0 Å². The van der Waals surface area contributed by atoms with Crippen LogP contribution in [0, 0.1) is 0 Å². The fraction of sp³-hybridized carbons (Fsp3) is 0.0714. The van der Waals surface area contributed by atoms with Gasteiger partial charge < -0.3 is 0 Å². The second-order valence-electron chi connectivity index (χ2n) is 4.23. The average molecular weight is 368 g/mol. The van der Waals surface area contributed by atoms with Crippen LogP contribution in [0.3, 0.4) is 0 Å². The zero-order valence-electron chi connectivity index (χ0n) is 10.8. The Bertz CT molecular complexity index is 715. The number of alkyl halides is 3. The predicted molar refractivity (Wildman–Crippen MR) is 84.1 cm³/mol. The van der Waals surface area contributed by atoms with Gasteiger partial charge in [-0.3, -0.25) is 5.43 Å². The van der Waals surface area contributed by atoms with Crippen molar-refractivity contribution in [3.63, 3.8) is 0 Å². The molecule has 2 rings (SSSR count). The minimum absolute atomic E-state index is 0.0397. The monoisotopic (exact) mass is 366 g/mol. The smallest absolute Gasteiger partial charge is 0.277 e. The lowest BCUT2D eigenvalue weighted by molar-refractivity contribution is -0.137. The number of nitrogens with one attached hydrogen (secondary N) is 1. The largest absolute Gasteiger partial charge is 0.416 e. The Hall–Kier alpha value is -1.43. The van der Waals surface area contributed by atoms with Crippen LogP contribution in [-0.2, 0) is 6.18 Å². The lowest BCUT2D eigenvalue weighted by atomic mass is 10.2. The summed E-state index contributed by atoms with van der Waals surface area (Å²) in [7, 11) is 0. The number of hydrogen-bond acceptors (Lipinski definition) is 2. The minimum atomic E-state index is -4.45. The number of halogens is 6. The van der Waals surface area contributed by atoms with E-state index in [2.05, 4.69) is 10.5 Å². The number of benzene rings is 2. The molecule has 2 aromatic carbocycles. The molecule has 22 heavy (non-hydrogen) atoms. The van der Waals surface area contributed by atoms with E-state index in [1.54, 1.807) is 12.1 Å². The maximum atomic E-state index is 12.6. The van der Waals surface area contributed by atoms with Crippen molar-refractivity contribution in [2.75, 3.05) is 5.43 Å². The highest BCUT2D eigenvalue weighted by molar-refractivity contribution is 6.36. The molecule has 0 spiro atoms. The lowest BCUT2D eigenvalue weighted by Gasteiger charge is -2.09. The second-order valence-corrected chi connectivity index (χ2v) is 5.48. The molecule has 1 N–H and O–H groups in total. The van der Waals surface area contributed by atoms with Crippen molar-refractivity contribution >= 4 is 46.7 Å². The third-order valence-electron chi connectivity index (χ3n) is 2.64. The van der Waals surface area contributed by atoms with Gasteiger partial charge in [0.05, 0.1) is 27.5 Å². The molecule has 2 aromatic rings. The highest BCUT2D eigenvalue weighted by Gasteiger charge is 2.30. The Morgan fingerprint density at radius 2 is 1.68 bits per heavy atom. The highest BCUT2D eigenvalue weighted by atomic mass is 35.5. The van der Waals surface area contributed by atoms with E-state index in [0.717, 1.165) is 18.2 Å². The summed E-state index contributed by atoms with van der Waals surface area (Å²) < 4.78 is 37.9. The van der Waals surface area contributed by atoms with Gasteiger partial charge in [-0.1, -0.05) is 40.9 Å². The number of hydrogen-bond donors (Lipinski definition) is 1. The summed E-state index contributed by atoms with van der Waals surface area (Å²) in [6.07, 6.45) is -3.10. The molecular formula is C14H8Cl3F3N2. The van der Waals surface area contributed by atoms with E-state index in [-0.39, 0.29) is 10.7 Å². The van der Waals surface area contributed by atoms with Crippen LogP contribution in [0.15, 0.2) is 41.5 Å². The van der Waals surface area contributed by atoms with Crippen LogP contribution in [-0.4, -0.2) is 6.21 Å². The van der Waals surface area contributed by atoms with Crippen LogP contribution in [0.5, 0.6) is 0 Å². The standard InChI is InChI=1S/C14H8Cl3F3N2/c15-10-3-1-8(12(17)6-10)7-21-22-13-5-9(14(18,19)20)2-4-11(13)16/h1-7,22H. The van der Waals surface area contributed by atoms with E-state index in [4.69, 9.17) is 34.8 Å². The molecule has 116 valence electrons. The Morgan fingerprint density at radius 1 is 0.955 bits per heavy atom. The van der Waals surface area contributed by atoms with Crippen LogP contribution in [0.2, 0.25) is 15.1 Å². The van der Waals surface area contributed by atoms with Gasteiger partial charge in [-0.25, -0.2) is 0 Å². The molecule has 0 bridgehead atoms. The van der Waals surface area contributed by atoms with Gasteiger partial charge in [-0.05, 0) is 30.3 Å². The predicted octanol–water partition coefficient (Wildman–Crippen LogP) is 6.11. The van der Waals surface area contributed by atoms with Gasteiger partial charge in [0.25, 0.3) is 0 Å². The van der Waals surface area contributed by atoms with E-state index in [1.165, 1.54) is 12.3 Å². The molecule has 0 saturated carbocycles. The second kappa shape index (κ2) is 6.77. The topological polar surface area (TPSA) is 24.4 Å². The van der Waals surface area contributed by atoms with Crippen LogP contribution in [0.1, 0.15) is 11.1 Å². The van der Waals surface area contributed by atoms with Gasteiger partial charge in [-0.2, -0.15) is 18.3 Å². The Labute approximate surface area is 139 Å². The Morgan fingerprint density at radius 3 is 2.32 bits per heavy atom. The van der Waals surface area contributed by atoms with E-state index in [1.807, 2.05) is 0 Å². The van der Waals surface area contributed by atoms with Crippen molar-refractivity contribution in [1.82, 2.24) is 0 Å². The van der Waals surface area contributed by atoms with Crippen molar-refractivity contribution in [3.05, 3.63) is 62.6 Å². The molecule has 8 heteroatoms. The first-order valence-corrected chi connectivity index (χ1v) is 7.01. The summed E-state index contributed by atoms with van der Waals surface area (Å²) in [5, 5.41) is 4.79. The summed E-state index contributed by atoms with van der Waals surface area (Å²) in [6, 6.07) is 7.70. The summed E-state index contributed by atoms with van der Waals surface area (Å²) in [5.41, 5.74) is 2.24. The van der Waals surface area contributed by atoms with E-state index < -0.39 is 11.7 Å². The fourth-order valence-corrected chi connectivity index (χ4v) is 2.18. The Balaban J connectivity index is 2.19. The molecule has 0 fully saturated rings. The van der Waals surface area contributed by atoms with Gasteiger partial charge in [0.1, 0.15) is 0 Å². The first kappa shape index (κ1) is 16.9. The third kappa shape index (κ3) is 4.29. The zero-order valence-corrected chi connectivity index (χ0v) is 13.0. The van der Waals surface area contributed by atoms with Crippen molar-refractivity contribution in [3.8, 4) is 0 Å². The molecule has 0 amide bonds. The van der Waals surface area contributed by atoms with Crippen LogP contribution >= 0.6 is 34.8 Å². The van der Waals surface area contributed by atoms with Crippen molar-refractivity contribution in [2.45, 2.75) is 6.18 Å². The SMILES string of the molecule is FC(F)(F)c1ccc(Cl)c(NN=Cc2ccc(Cl)cc2Cl)c1. The van der Waals surface area contributed by atoms with Crippen molar-refractivity contribution in [2.24, 2.45) is 5.10 Å². The van der Waals surface area contributed by atoms with Gasteiger partial charge in [0.15, 0.2) is 0 Å². The molecule has 0 aliphatic rings. The number of rotatable bonds is 3. The van der Waals surface area contributed by atoms with Crippen molar-refractivity contribution < 1.29 is 13.2 Å². The normalized spacial score (nSPS) is 11.9. The molecule has 0 aliphatic carbocycles. The summed E-state index contributed by atoms with van der Waals surface area (Å²) in [5.74, 6) is 0. The lowest BCUT2D eigenvalue weighted by Crippen LogP contribution is -2.05. The molecule has 0 heterocycles.